The van der Waals surface area contributed by atoms with Crippen LogP contribution in [0, 0.1) is 11.3 Å². The van der Waals surface area contributed by atoms with E-state index >= 15 is 0 Å². The fourth-order valence-corrected chi connectivity index (χ4v) is 2.70. The standard InChI is InChI=1S/C11H25NOS/c1-9(2)6-7-14(13)8-10(12)11(3,4)5/h9-10H,6-8,12H2,1-5H3. The van der Waals surface area contributed by atoms with Gasteiger partial charge in [0.1, 0.15) is 0 Å². The molecular formula is C11H25NOS. The van der Waals surface area contributed by atoms with E-state index in [9.17, 15) is 4.21 Å². The molecule has 0 saturated carbocycles. The molecule has 0 amide bonds. The fourth-order valence-electron chi connectivity index (χ4n) is 0.901. The maximum atomic E-state index is 11.6. The van der Waals surface area contributed by atoms with E-state index in [1.54, 1.807) is 0 Å². The lowest BCUT2D eigenvalue weighted by molar-refractivity contribution is 0.342. The molecule has 0 aliphatic rings. The predicted molar refractivity (Wildman–Crippen MR) is 64.8 cm³/mol. The Balaban J connectivity index is 3.84. The van der Waals surface area contributed by atoms with Crippen LogP contribution in [0.2, 0.25) is 0 Å². The third-order valence-electron chi connectivity index (χ3n) is 2.40. The first kappa shape index (κ1) is 14.1. The highest BCUT2D eigenvalue weighted by Gasteiger charge is 2.22. The average Bonchev–Trinajstić information content (AvgIpc) is 1.99. The first-order chi connectivity index (χ1) is 6.23. The second-order valence-corrected chi connectivity index (χ2v) is 7.09. The van der Waals surface area contributed by atoms with Crippen molar-refractivity contribution in [3.05, 3.63) is 0 Å². The van der Waals surface area contributed by atoms with Crippen LogP contribution in [0.4, 0.5) is 0 Å². The highest BCUT2D eigenvalue weighted by Crippen LogP contribution is 2.18. The largest absolute Gasteiger partial charge is 0.326 e. The van der Waals surface area contributed by atoms with Gasteiger partial charge in [-0.1, -0.05) is 34.6 Å². The van der Waals surface area contributed by atoms with E-state index in [1.165, 1.54) is 0 Å². The summed E-state index contributed by atoms with van der Waals surface area (Å²) in [6.45, 7) is 10.6. The molecule has 2 atom stereocenters. The minimum atomic E-state index is -0.742. The Labute approximate surface area is 91.1 Å². The summed E-state index contributed by atoms with van der Waals surface area (Å²) in [5.41, 5.74) is 6.03. The monoisotopic (exact) mass is 219 g/mol. The molecular weight excluding hydrogens is 194 g/mol. The van der Waals surface area contributed by atoms with E-state index in [1.807, 2.05) is 0 Å². The van der Waals surface area contributed by atoms with Gasteiger partial charge in [-0.25, -0.2) is 0 Å². The Kier molecular flexibility index (Phi) is 5.91. The number of rotatable bonds is 5. The van der Waals surface area contributed by atoms with Crippen molar-refractivity contribution in [2.75, 3.05) is 11.5 Å². The molecule has 0 aromatic rings. The van der Waals surface area contributed by atoms with Gasteiger partial charge in [-0.05, 0) is 17.8 Å². The van der Waals surface area contributed by atoms with Gasteiger partial charge < -0.3 is 5.73 Å². The summed E-state index contributed by atoms with van der Waals surface area (Å²) in [4.78, 5) is 0. The summed E-state index contributed by atoms with van der Waals surface area (Å²) >= 11 is 0. The number of nitrogens with two attached hydrogens (primary N) is 1. The molecule has 0 aliphatic carbocycles. The Morgan fingerprint density at radius 1 is 1.29 bits per heavy atom. The summed E-state index contributed by atoms with van der Waals surface area (Å²) in [6.07, 6.45) is 1.03. The van der Waals surface area contributed by atoms with E-state index in [0.717, 1.165) is 12.2 Å². The van der Waals surface area contributed by atoms with Crippen molar-refractivity contribution < 1.29 is 4.21 Å². The van der Waals surface area contributed by atoms with Crippen LogP contribution < -0.4 is 5.73 Å². The van der Waals surface area contributed by atoms with Crippen molar-refractivity contribution in [2.24, 2.45) is 17.1 Å². The van der Waals surface area contributed by atoms with Gasteiger partial charge in [0.05, 0.1) is 0 Å². The molecule has 0 aliphatic heterocycles. The lowest BCUT2D eigenvalue weighted by Gasteiger charge is -2.26. The highest BCUT2D eigenvalue weighted by atomic mass is 32.2. The SMILES string of the molecule is CC(C)CCS(=O)CC(N)C(C)(C)C. The smallest absolute Gasteiger partial charge is 0.0391 e. The van der Waals surface area contributed by atoms with Gasteiger partial charge in [0, 0.05) is 28.3 Å². The first-order valence-corrected chi connectivity index (χ1v) is 6.83. The normalized spacial score (nSPS) is 17.1. The molecule has 2 N–H and O–H groups in total. The zero-order valence-electron chi connectivity index (χ0n) is 10.2. The molecule has 0 fully saturated rings. The lowest BCUT2D eigenvalue weighted by Crippen LogP contribution is -2.40. The van der Waals surface area contributed by atoms with Crippen LogP contribution in [0.25, 0.3) is 0 Å². The predicted octanol–water partition coefficient (Wildman–Crippen LogP) is 2.15. The molecule has 2 nitrogen and oxygen atoms in total. The third kappa shape index (κ3) is 6.55. The van der Waals surface area contributed by atoms with Crippen molar-refractivity contribution in [1.82, 2.24) is 0 Å². The Hall–Kier alpha value is 0.110. The van der Waals surface area contributed by atoms with Gasteiger partial charge in [-0.2, -0.15) is 0 Å². The van der Waals surface area contributed by atoms with Crippen LogP contribution >= 0.6 is 0 Å². The summed E-state index contributed by atoms with van der Waals surface area (Å²) in [6, 6.07) is 0.0375. The Morgan fingerprint density at radius 3 is 2.14 bits per heavy atom. The number of hydrogen-bond donors (Lipinski definition) is 1. The van der Waals surface area contributed by atoms with Crippen molar-refractivity contribution >= 4 is 10.8 Å². The molecule has 2 unspecified atom stereocenters. The molecule has 0 bridgehead atoms. The molecule has 0 rings (SSSR count). The summed E-state index contributed by atoms with van der Waals surface area (Å²) < 4.78 is 11.6. The minimum Gasteiger partial charge on any atom is -0.326 e. The van der Waals surface area contributed by atoms with E-state index in [0.29, 0.717) is 11.7 Å². The van der Waals surface area contributed by atoms with Gasteiger partial charge in [0.2, 0.25) is 0 Å². The minimum absolute atomic E-state index is 0.0375. The molecule has 0 radical (unpaired) electrons. The Morgan fingerprint density at radius 2 is 1.79 bits per heavy atom. The highest BCUT2D eigenvalue weighted by molar-refractivity contribution is 7.85. The third-order valence-corrected chi connectivity index (χ3v) is 3.82. The van der Waals surface area contributed by atoms with Gasteiger partial charge in [0.15, 0.2) is 0 Å². The average molecular weight is 219 g/mol. The zero-order valence-corrected chi connectivity index (χ0v) is 11.0. The van der Waals surface area contributed by atoms with Crippen LogP contribution in [-0.4, -0.2) is 21.8 Å². The molecule has 0 saturated heterocycles. The van der Waals surface area contributed by atoms with E-state index in [2.05, 4.69) is 34.6 Å². The maximum Gasteiger partial charge on any atom is 0.0391 e. The summed E-state index contributed by atoms with van der Waals surface area (Å²) in [5.74, 6) is 2.06. The molecule has 0 heterocycles. The molecule has 0 aromatic carbocycles. The van der Waals surface area contributed by atoms with Crippen LogP contribution in [0.5, 0.6) is 0 Å². The number of hydrogen-bond acceptors (Lipinski definition) is 2. The second kappa shape index (κ2) is 5.86. The topological polar surface area (TPSA) is 43.1 Å². The molecule has 0 aromatic heterocycles. The van der Waals surface area contributed by atoms with Crippen molar-refractivity contribution in [1.29, 1.82) is 0 Å². The van der Waals surface area contributed by atoms with Gasteiger partial charge >= 0.3 is 0 Å². The van der Waals surface area contributed by atoms with E-state index < -0.39 is 10.8 Å². The quantitative estimate of drug-likeness (QED) is 0.770. The van der Waals surface area contributed by atoms with Crippen LogP contribution in [0.15, 0.2) is 0 Å². The molecule has 86 valence electrons. The fraction of sp³-hybridized carbons (Fsp3) is 1.00. The van der Waals surface area contributed by atoms with Crippen LogP contribution in [0.1, 0.15) is 41.0 Å². The Bertz CT molecular complexity index is 184. The lowest BCUT2D eigenvalue weighted by atomic mass is 9.89. The van der Waals surface area contributed by atoms with Crippen molar-refractivity contribution in [3.8, 4) is 0 Å². The van der Waals surface area contributed by atoms with E-state index in [4.69, 9.17) is 5.73 Å². The van der Waals surface area contributed by atoms with E-state index in [-0.39, 0.29) is 11.5 Å². The zero-order chi connectivity index (χ0) is 11.4. The van der Waals surface area contributed by atoms with Crippen molar-refractivity contribution in [3.63, 3.8) is 0 Å². The van der Waals surface area contributed by atoms with Gasteiger partial charge in [-0.3, -0.25) is 4.21 Å². The van der Waals surface area contributed by atoms with Crippen LogP contribution in [-0.2, 0) is 10.8 Å². The molecule has 0 spiro atoms. The van der Waals surface area contributed by atoms with Crippen LogP contribution in [0.3, 0.4) is 0 Å². The maximum absolute atomic E-state index is 11.6. The molecule has 3 heteroatoms. The summed E-state index contributed by atoms with van der Waals surface area (Å²) in [7, 11) is -0.742. The van der Waals surface area contributed by atoms with Gasteiger partial charge in [0.25, 0.3) is 0 Å². The van der Waals surface area contributed by atoms with Crippen molar-refractivity contribution in [2.45, 2.75) is 47.1 Å². The first-order valence-electron chi connectivity index (χ1n) is 5.34. The summed E-state index contributed by atoms with van der Waals surface area (Å²) in [5, 5.41) is 0. The molecule has 14 heavy (non-hydrogen) atoms. The second-order valence-electron chi connectivity index (χ2n) is 5.47. The van der Waals surface area contributed by atoms with Gasteiger partial charge in [-0.15, -0.1) is 0 Å².